The third kappa shape index (κ3) is 69.3. The summed E-state index contributed by atoms with van der Waals surface area (Å²) in [5, 5.41) is 23.5. The van der Waals surface area contributed by atoms with Gasteiger partial charge >= 0.3 is 5.97 Å². The van der Waals surface area contributed by atoms with Crippen molar-refractivity contribution in [2.45, 2.75) is 443 Å². The third-order valence-electron chi connectivity index (χ3n) is 18.0. The SMILES string of the molecule is CCCCCCCCC/C=C\CCCCCCCCCC(=O)OCCCCCCCCCCCCCC/C=C\CCCCCCCCCCC(=O)NC(CO)C(O)CCCCCCCCCCCCCCCCCCCCCCCCCC. The first-order valence-corrected chi connectivity index (χ1v) is 38.1. The molecule has 0 fully saturated rings. The van der Waals surface area contributed by atoms with E-state index in [2.05, 4.69) is 43.5 Å². The van der Waals surface area contributed by atoms with Crippen LogP contribution in [-0.4, -0.2) is 47.4 Å². The fourth-order valence-electron chi connectivity index (χ4n) is 12.2. The number of esters is 1. The zero-order valence-corrected chi connectivity index (χ0v) is 56.5. The van der Waals surface area contributed by atoms with Gasteiger partial charge in [0.15, 0.2) is 0 Å². The minimum Gasteiger partial charge on any atom is -0.466 e. The van der Waals surface area contributed by atoms with Crippen LogP contribution in [0.15, 0.2) is 24.3 Å². The number of carbonyl (C=O) groups is 2. The van der Waals surface area contributed by atoms with Gasteiger partial charge < -0.3 is 20.3 Å². The van der Waals surface area contributed by atoms with Gasteiger partial charge in [-0.15, -0.1) is 0 Å². The van der Waals surface area contributed by atoms with E-state index in [0.717, 1.165) is 44.9 Å². The Balaban J connectivity index is 3.39. The molecule has 0 aliphatic rings. The summed E-state index contributed by atoms with van der Waals surface area (Å²) < 4.78 is 5.51. The topological polar surface area (TPSA) is 95.9 Å². The number of nitrogens with one attached hydrogen (secondary N) is 1. The number of rotatable bonds is 72. The smallest absolute Gasteiger partial charge is 0.305 e. The molecule has 0 heterocycles. The Kier molecular flexibility index (Phi) is 71.4. The molecule has 6 heteroatoms. The molecule has 3 N–H and O–H groups in total. The molecule has 492 valence electrons. The van der Waals surface area contributed by atoms with Gasteiger partial charge in [0.1, 0.15) is 0 Å². The van der Waals surface area contributed by atoms with E-state index in [1.165, 1.54) is 353 Å². The molecular formula is C77H149NO5. The Labute approximate surface area is 520 Å². The summed E-state index contributed by atoms with van der Waals surface area (Å²) in [7, 11) is 0. The molecule has 83 heavy (non-hydrogen) atoms. The number of aliphatic hydroxyl groups excluding tert-OH is 2. The van der Waals surface area contributed by atoms with Crippen molar-refractivity contribution in [2.24, 2.45) is 0 Å². The Morgan fingerprint density at radius 3 is 0.855 bits per heavy atom. The second-order valence-corrected chi connectivity index (χ2v) is 26.3. The van der Waals surface area contributed by atoms with E-state index in [9.17, 15) is 19.8 Å². The summed E-state index contributed by atoms with van der Waals surface area (Å²) in [6.07, 6.45) is 92.4. The highest BCUT2D eigenvalue weighted by Crippen LogP contribution is 2.19. The monoisotopic (exact) mass is 1170 g/mol. The second kappa shape index (κ2) is 72.8. The molecule has 6 nitrogen and oxygen atoms in total. The Bertz CT molecular complexity index is 1300. The quantitative estimate of drug-likeness (QED) is 0.0320. The summed E-state index contributed by atoms with van der Waals surface area (Å²) in [5.74, 6) is -0.0235. The van der Waals surface area contributed by atoms with Crippen LogP contribution in [-0.2, 0) is 14.3 Å². The van der Waals surface area contributed by atoms with Gasteiger partial charge in [0, 0.05) is 12.8 Å². The average molecular weight is 1170 g/mol. The molecule has 2 unspecified atom stereocenters. The number of hydrogen-bond donors (Lipinski definition) is 3. The maximum absolute atomic E-state index is 12.6. The molecular weight excluding hydrogens is 1020 g/mol. The highest BCUT2D eigenvalue weighted by molar-refractivity contribution is 5.76. The lowest BCUT2D eigenvalue weighted by molar-refractivity contribution is -0.143. The maximum Gasteiger partial charge on any atom is 0.305 e. The van der Waals surface area contributed by atoms with Crippen molar-refractivity contribution in [3.63, 3.8) is 0 Å². The molecule has 0 aromatic heterocycles. The van der Waals surface area contributed by atoms with Crippen molar-refractivity contribution in [3.05, 3.63) is 24.3 Å². The molecule has 0 radical (unpaired) electrons. The zero-order chi connectivity index (χ0) is 59.9. The highest BCUT2D eigenvalue weighted by atomic mass is 16.5. The molecule has 0 aliphatic carbocycles. The lowest BCUT2D eigenvalue weighted by atomic mass is 10.0. The van der Waals surface area contributed by atoms with Crippen LogP contribution in [0.2, 0.25) is 0 Å². The summed E-state index contributed by atoms with van der Waals surface area (Å²) in [4.78, 5) is 24.7. The molecule has 0 aliphatic heterocycles. The van der Waals surface area contributed by atoms with Gasteiger partial charge in [0.05, 0.1) is 25.4 Å². The van der Waals surface area contributed by atoms with Crippen LogP contribution < -0.4 is 5.32 Å². The number of amides is 1. The number of hydrogen-bond acceptors (Lipinski definition) is 5. The van der Waals surface area contributed by atoms with Crippen LogP contribution in [0.5, 0.6) is 0 Å². The molecule has 0 saturated carbocycles. The minimum absolute atomic E-state index is 0.0109. The predicted molar refractivity (Wildman–Crippen MR) is 366 cm³/mol. The van der Waals surface area contributed by atoms with Crippen molar-refractivity contribution in [2.75, 3.05) is 13.2 Å². The van der Waals surface area contributed by atoms with Crippen molar-refractivity contribution in [3.8, 4) is 0 Å². The summed E-state index contributed by atoms with van der Waals surface area (Å²) >= 11 is 0. The number of aliphatic hydroxyl groups is 2. The molecule has 2 atom stereocenters. The first-order valence-electron chi connectivity index (χ1n) is 38.1. The molecule has 0 bridgehead atoms. The predicted octanol–water partition coefficient (Wildman–Crippen LogP) is 24.9. The van der Waals surface area contributed by atoms with E-state index in [-0.39, 0.29) is 18.5 Å². The van der Waals surface area contributed by atoms with Crippen LogP contribution in [0.1, 0.15) is 431 Å². The van der Waals surface area contributed by atoms with Crippen molar-refractivity contribution in [1.82, 2.24) is 5.32 Å². The fourth-order valence-corrected chi connectivity index (χ4v) is 12.2. The van der Waals surface area contributed by atoms with Crippen LogP contribution in [0.3, 0.4) is 0 Å². The standard InChI is InChI=1S/C77H149NO5/c1-3-5-7-9-11-13-15-17-19-21-23-24-25-28-31-34-37-41-45-49-53-57-61-65-69-75(80)74(73-79)78-76(81)70-66-62-58-54-50-46-42-38-35-32-29-26-27-30-33-36-40-44-48-52-56-60-64-68-72-83-77(82)71-67-63-59-55-51-47-43-39-22-20-18-16-14-12-10-8-6-4-2/h20,22,29,32,74-75,79-80H,3-19,21,23-28,30-31,33-73H2,1-2H3,(H,78,81)/b22-20-,32-29-. The van der Waals surface area contributed by atoms with E-state index in [1.807, 2.05) is 0 Å². The van der Waals surface area contributed by atoms with Gasteiger partial charge in [-0.3, -0.25) is 9.59 Å². The Morgan fingerprint density at radius 2 is 0.566 bits per heavy atom. The second-order valence-electron chi connectivity index (χ2n) is 26.3. The summed E-state index contributed by atoms with van der Waals surface area (Å²) in [5.41, 5.74) is 0. The van der Waals surface area contributed by atoms with Gasteiger partial charge in [0.25, 0.3) is 0 Å². The summed E-state index contributed by atoms with van der Waals surface area (Å²) in [6.45, 7) is 4.99. The van der Waals surface area contributed by atoms with E-state index in [1.54, 1.807) is 0 Å². The van der Waals surface area contributed by atoms with E-state index in [4.69, 9.17) is 4.74 Å². The maximum atomic E-state index is 12.6. The lowest BCUT2D eigenvalue weighted by Gasteiger charge is -2.22. The first kappa shape index (κ1) is 81.3. The highest BCUT2D eigenvalue weighted by Gasteiger charge is 2.20. The van der Waals surface area contributed by atoms with Crippen LogP contribution in [0.25, 0.3) is 0 Å². The number of unbranched alkanes of at least 4 members (excludes halogenated alkanes) is 57. The normalized spacial score (nSPS) is 12.6. The third-order valence-corrected chi connectivity index (χ3v) is 18.0. The van der Waals surface area contributed by atoms with Gasteiger partial charge in [-0.25, -0.2) is 0 Å². The van der Waals surface area contributed by atoms with E-state index < -0.39 is 12.1 Å². The van der Waals surface area contributed by atoms with Gasteiger partial charge in [-0.05, 0) is 77.0 Å². The Hall–Kier alpha value is -1.66. The van der Waals surface area contributed by atoms with Gasteiger partial charge in [-0.1, -0.05) is 366 Å². The number of carbonyl (C=O) groups excluding carboxylic acids is 2. The number of allylic oxidation sites excluding steroid dienone is 4. The summed E-state index contributed by atoms with van der Waals surface area (Å²) in [6, 6.07) is -0.546. The van der Waals surface area contributed by atoms with Crippen LogP contribution in [0, 0.1) is 0 Å². The first-order chi connectivity index (χ1) is 41.0. The molecule has 0 saturated heterocycles. The van der Waals surface area contributed by atoms with Crippen LogP contribution >= 0.6 is 0 Å². The van der Waals surface area contributed by atoms with Crippen LogP contribution in [0.4, 0.5) is 0 Å². The van der Waals surface area contributed by atoms with E-state index in [0.29, 0.717) is 25.9 Å². The van der Waals surface area contributed by atoms with Gasteiger partial charge in [0.2, 0.25) is 5.91 Å². The largest absolute Gasteiger partial charge is 0.466 e. The minimum atomic E-state index is -0.669. The fraction of sp³-hybridized carbons (Fsp3) is 0.922. The molecule has 0 aromatic rings. The van der Waals surface area contributed by atoms with Gasteiger partial charge in [-0.2, -0.15) is 0 Å². The lowest BCUT2D eigenvalue weighted by Crippen LogP contribution is -2.45. The van der Waals surface area contributed by atoms with Crippen molar-refractivity contribution < 1.29 is 24.5 Å². The molecule has 0 spiro atoms. The zero-order valence-electron chi connectivity index (χ0n) is 56.5. The molecule has 0 aromatic carbocycles. The average Bonchev–Trinajstić information content (AvgIpc) is 3.49. The van der Waals surface area contributed by atoms with E-state index >= 15 is 0 Å². The Morgan fingerprint density at radius 1 is 0.325 bits per heavy atom. The number of ether oxygens (including phenoxy) is 1. The van der Waals surface area contributed by atoms with Crippen molar-refractivity contribution in [1.29, 1.82) is 0 Å². The molecule has 0 rings (SSSR count). The van der Waals surface area contributed by atoms with Crippen molar-refractivity contribution >= 4 is 11.9 Å². The molecule has 1 amide bonds.